The predicted molar refractivity (Wildman–Crippen MR) is 78.8 cm³/mol. The summed E-state index contributed by atoms with van der Waals surface area (Å²) in [5.41, 5.74) is 7.06. The number of rotatable bonds is 5. The number of amides is 1. The minimum Gasteiger partial charge on any atom is -0.370 e. The van der Waals surface area contributed by atoms with Crippen molar-refractivity contribution in [2.75, 3.05) is 0 Å². The molecule has 2 aromatic rings. The molecule has 0 radical (unpaired) electrons. The summed E-state index contributed by atoms with van der Waals surface area (Å²) in [6.45, 7) is 0. The van der Waals surface area contributed by atoms with Crippen molar-refractivity contribution < 1.29 is 9.59 Å². The van der Waals surface area contributed by atoms with E-state index in [2.05, 4.69) is 0 Å². The van der Waals surface area contributed by atoms with Crippen molar-refractivity contribution in [2.45, 2.75) is 12.8 Å². The van der Waals surface area contributed by atoms with Crippen LogP contribution in [0.2, 0.25) is 5.02 Å². The van der Waals surface area contributed by atoms with Crippen molar-refractivity contribution in [1.82, 2.24) is 0 Å². The smallest absolute Gasteiger partial charge is 0.217 e. The zero-order valence-electron chi connectivity index (χ0n) is 10.8. The van der Waals surface area contributed by atoms with E-state index in [-0.39, 0.29) is 12.2 Å². The fraction of sp³-hybridized carbons (Fsp3) is 0.125. The molecular weight excluding hydrogens is 274 g/mol. The Balaban J connectivity index is 2.35. The minimum absolute atomic E-state index is 0.0817. The Kier molecular flexibility index (Phi) is 4.53. The number of carbonyl (C=O) groups excluding carboxylic acids is 2. The van der Waals surface area contributed by atoms with Gasteiger partial charge in [0.05, 0.1) is 0 Å². The molecule has 0 bridgehead atoms. The van der Waals surface area contributed by atoms with Gasteiger partial charge in [0.15, 0.2) is 5.78 Å². The summed E-state index contributed by atoms with van der Waals surface area (Å²) in [5.74, 6) is -0.482. The number of aryl methyl sites for hydroxylation is 1. The lowest BCUT2D eigenvalue weighted by molar-refractivity contribution is -0.117. The van der Waals surface area contributed by atoms with Crippen molar-refractivity contribution in [2.24, 2.45) is 5.73 Å². The first-order valence-corrected chi connectivity index (χ1v) is 6.62. The third kappa shape index (κ3) is 3.45. The molecule has 0 aliphatic heterocycles. The molecule has 102 valence electrons. The first-order valence-electron chi connectivity index (χ1n) is 6.24. The molecule has 2 N–H and O–H groups in total. The van der Waals surface area contributed by atoms with Crippen LogP contribution in [-0.2, 0) is 11.2 Å². The third-order valence-electron chi connectivity index (χ3n) is 2.99. The Morgan fingerprint density at radius 1 is 1.05 bits per heavy atom. The van der Waals surface area contributed by atoms with Gasteiger partial charge in [0.25, 0.3) is 0 Å². The highest BCUT2D eigenvalue weighted by Gasteiger charge is 2.14. The lowest BCUT2D eigenvalue weighted by Crippen LogP contribution is -2.13. The van der Waals surface area contributed by atoms with Gasteiger partial charge in [-0.2, -0.15) is 0 Å². The first kappa shape index (κ1) is 14.3. The Hall–Kier alpha value is -2.13. The van der Waals surface area contributed by atoms with Crippen molar-refractivity contribution in [3.05, 3.63) is 70.2 Å². The van der Waals surface area contributed by atoms with Crippen LogP contribution >= 0.6 is 11.6 Å². The average molecular weight is 288 g/mol. The molecule has 3 nitrogen and oxygen atoms in total. The van der Waals surface area contributed by atoms with Gasteiger partial charge in [-0.3, -0.25) is 9.59 Å². The highest BCUT2D eigenvalue weighted by Crippen LogP contribution is 2.20. The van der Waals surface area contributed by atoms with E-state index < -0.39 is 5.91 Å². The maximum Gasteiger partial charge on any atom is 0.217 e. The summed E-state index contributed by atoms with van der Waals surface area (Å²) in [7, 11) is 0. The van der Waals surface area contributed by atoms with Crippen LogP contribution in [0, 0.1) is 0 Å². The van der Waals surface area contributed by atoms with Gasteiger partial charge < -0.3 is 5.73 Å². The van der Waals surface area contributed by atoms with Crippen molar-refractivity contribution >= 4 is 23.3 Å². The van der Waals surface area contributed by atoms with Gasteiger partial charge in [-0.1, -0.05) is 41.9 Å². The van der Waals surface area contributed by atoms with Gasteiger partial charge in [0, 0.05) is 22.6 Å². The lowest BCUT2D eigenvalue weighted by Gasteiger charge is -2.09. The lowest BCUT2D eigenvalue weighted by atomic mass is 9.96. The molecular formula is C16H14ClNO2. The number of hydrogen-bond acceptors (Lipinski definition) is 2. The minimum atomic E-state index is -0.400. The zero-order chi connectivity index (χ0) is 14.5. The molecule has 1 amide bonds. The molecule has 2 rings (SSSR count). The van der Waals surface area contributed by atoms with Crippen LogP contribution in [0.3, 0.4) is 0 Å². The van der Waals surface area contributed by atoms with E-state index in [1.165, 1.54) is 0 Å². The Morgan fingerprint density at radius 2 is 1.75 bits per heavy atom. The Labute approximate surface area is 122 Å². The van der Waals surface area contributed by atoms with E-state index in [0.717, 1.165) is 5.56 Å². The molecule has 0 unspecified atom stereocenters. The number of primary amides is 1. The van der Waals surface area contributed by atoms with Crippen LogP contribution in [0.15, 0.2) is 48.5 Å². The fourth-order valence-electron chi connectivity index (χ4n) is 1.99. The number of benzene rings is 2. The molecule has 0 heterocycles. The summed E-state index contributed by atoms with van der Waals surface area (Å²) >= 11 is 5.96. The molecule has 0 spiro atoms. The van der Waals surface area contributed by atoms with Crippen LogP contribution in [0.4, 0.5) is 0 Å². The third-order valence-corrected chi connectivity index (χ3v) is 3.22. The summed E-state index contributed by atoms with van der Waals surface area (Å²) in [4.78, 5) is 23.4. The van der Waals surface area contributed by atoms with E-state index >= 15 is 0 Å². The fourth-order valence-corrected chi connectivity index (χ4v) is 2.19. The molecule has 0 aliphatic carbocycles. The van der Waals surface area contributed by atoms with Gasteiger partial charge in [-0.25, -0.2) is 0 Å². The maximum absolute atomic E-state index is 12.5. The van der Waals surface area contributed by atoms with Gasteiger partial charge in [-0.05, 0) is 30.2 Å². The Bertz CT molecular complexity index is 638. The second-order valence-corrected chi connectivity index (χ2v) is 4.90. The van der Waals surface area contributed by atoms with Crippen molar-refractivity contribution in [3.63, 3.8) is 0 Å². The summed E-state index contributed by atoms with van der Waals surface area (Å²) < 4.78 is 0. The average Bonchev–Trinajstić information content (AvgIpc) is 2.45. The molecule has 0 saturated carbocycles. The number of carbonyl (C=O) groups is 2. The molecule has 2 aromatic carbocycles. The van der Waals surface area contributed by atoms with E-state index in [0.29, 0.717) is 22.6 Å². The largest absolute Gasteiger partial charge is 0.370 e. The summed E-state index contributed by atoms with van der Waals surface area (Å²) in [6, 6.07) is 14.1. The molecule has 4 heteroatoms. The monoisotopic (exact) mass is 287 g/mol. The molecule has 20 heavy (non-hydrogen) atoms. The van der Waals surface area contributed by atoms with E-state index in [9.17, 15) is 9.59 Å². The quantitative estimate of drug-likeness (QED) is 0.859. The zero-order valence-corrected chi connectivity index (χ0v) is 11.6. The van der Waals surface area contributed by atoms with E-state index in [1.807, 2.05) is 18.2 Å². The summed E-state index contributed by atoms with van der Waals surface area (Å²) in [5, 5.41) is 0.536. The van der Waals surface area contributed by atoms with Gasteiger partial charge in [0.1, 0.15) is 0 Å². The van der Waals surface area contributed by atoms with Crippen LogP contribution in [0.5, 0.6) is 0 Å². The standard InChI is InChI=1S/C16H14ClNO2/c17-13-7-8-14(12(10-13)6-9-15(18)19)16(20)11-4-2-1-3-5-11/h1-5,7-8,10H,6,9H2,(H2,18,19). The highest BCUT2D eigenvalue weighted by molar-refractivity contribution is 6.30. The summed E-state index contributed by atoms with van der Waals surface area (Å²) in [6.07, 6.45) is 0.596. The molecule has 0 aliphatic rings. The number of nitrogens with two attached hydrogens (primary N) is 1. The van der Waals surface area contributed by atoms with Crippen LogP contribution in [-0.4, -0.2) is 11.7 Å². The van der Waals surface area contributed by atoms with Crippen LogP contribution in [0.25, 0.3) is 0 Å². The molecule has 0 saturated heterocycles. The predicted octanol–water partition coefficient (Wildman–Crippen LogP) is 2.99. The topological polar surface area (TPSA) is 60.2 Å². The maximum atomic E-state index is 12.5. The highest BCUT2D eigenvalue weighted by atomic mass is 35.5. The van der Waals surface area contributed by atoms with Crippen LogP contribution in [0.1, 0.15) is 27.9 Å². The Morgan fingerprint density at radius 3 is 2.40 bits per heavy atom. The number of halogens is 1. The second kappa shape index (κ2) is 6.35. The second-order valence-electron chi connectivity index (χ2n) is 4.46. The van der Waals surface area contributed by atoms with Gasteiger partial charge in [-0.15, -0.1) is 0 Å². The van der Waals surface area contributed by atoms with Gasteiger partial charge >= 0.3 is 0 Å². The first-order chi connectivity index (χ1) is 9.58. The van der Waals surface area contributed by atoms with Crippen molar-refractivity contribution in [3.8, 4) is 0 Å². The van der Waals surface area contributed by atoms with Crippen LogP contribution < -0.4 is 5.73 Å². The normalized spacial score (nSPS) is 10.2. The SMILES string of the molecule is NC(=O)CCc1cc(Cl)ccc1C(=O)c1ccccc1. The number of hydrogen-bond donors (Lipinski definition) is 1. The molecule has 0 aromatic heterocycles. The number of ketones is 1. The molecule has 0 fully saturated rings. The molecule has 0 atom stereocenters. The van der Waals surface area contributed by atoms with E-state index in [1.54, 1.807) is 30.3 Å². The van der Waals surface area contributed by atoms with E-state index in [4.69, 9.17) is 17.3 Å². The van der Waals surface area contributed by atoms with Gasteiger partial charge in [0.2, 0.25) is 5.91 Å². The van der Waals surface area contributed by atoms with Crippen molar-refractivity contribution in [1.29, 1.82) is 0 Å².